The Morgan fingerprint density at radius 3 is 2.77 bits per heavy atom. The number of anilines is 1. The van der Waals surface area contributed by atoms with Gasteiger partial charge < -0.3 is 15.8 Å². The Labute approximate surface area is 180 Å². The average Bonchev–Trinajstić information content (AvgIpc) is 2.71. The van der Waals surface area contributed by atoms with Crippen molar-refractivity contribution in [2.24, 2.45) is 10.7 Å². The standard InChI is InChI=1S/C23H21ClN4O2/c1-16(25)27-15-20-14-22(10-11-26-20)30-21-7-2-4-17(12-21)8-9-23(29)28-19-6-3-5-18(24)13-19/h2-14H,15H2,1H3,(H2,25,27)(H,28,29)/b9-8+. The minimum absolute atomic E-state index is 0.252. The molecule has 0 unspecified atom stereocenters. The number of amidine groups is 1. The summed E-state index contributed by atoms with van der Waals surface area (Å²) in [5.41, 5.74) is 7.79. The smallest absolute Gasteiger partial charge is 0.248 e. The van der Waals surface area contributed by atoms with Gasteiger partial charge in [-0.1, -0.05) is 29.8 Å². The van der Waals surface area contributed by atoms with Crippen molar-refractivity contribution in [3.05, 3.63) is 89.2 Å². The molecule has 1 heterocycles. The van der Waals surface area contributed by atoms with Crippen molar-refractivity contribution < 1.29 is 9.53 Å². The number of nitrogens with zero attached hydrogens (tertiary/aromatic N) is 2. The van der Waals surface area contributed by atoms with E-state index in [-0.39, 0.29) is 5.91 Å². The number of carbonyl (C=O) groups excluding carboxylic acids is 1. The molecule has 3 rings (SSSR count). The minimum atomic E-state index is -0.252. The summed E-state index contributed by atoms with van der Waals surface area (Å²) in [5, 5.41) is 3.33. The third-order valence-corrected chi connectivity index (χ3v) is 4.13. The number of amides is 1. The summed E-state index contributed by atoms with van der Waals surface area (Å²) in [7, 11) is 0. The number of halogens is 1. The fourth-order valence-corrected chi connectivity index (χ4v) is 2.74. The van der Waals surface area contributed by atoms with Crippen molar-refractivity contribution in [1.29, 1.82) is 0 Å². The van der Waals surface area contributed by atoms with E-state index in [4.69, 9.17) is 22.1 Å². The lowest BCUT2D eigenvalue weighted by Gasteiger charge is -2.07. The normalized spacial score (nSPS) is 11.5. The number of carbonyl (C=O) groups is 1. The van der Waals surface area contributed by atoms with Crippen molar-refractivity contribution in [3.8, 4) is 11.5 Å². The molecule has 30 heavy (non-hydrogen) atoms. The van der Waals surface area contributed by atoms with Gasteiger partial charge in [0.05, 0.1) is 18.1 Å². The van der Waals surface area contributed by atoms with Crippen LogP contribution in [0.15, 0.2) is 77.9 Å². The minimum Gasteiger partial charge on any atom is -0.457 e. The summed E-state index contributed by atoms with van der Waals surface area (Å²) >= 11 is 5.93. The molecule has 0 bridgehead atoms. The molecule has 2 aromatic carbocycles. The molecule has 0 radical (unpaired) electrons. The van der Waals surface area contributed by atoms with Crippen molar-refractivity contribution in [3.63, 3.8) is 0 Å². The summed E-state index contributed by atoms with van der Waals surface area (Å²) in [6.07, 6.45) is 4.83. The van der Waals surface area contributed by atoms with Crippen molar-refractivity contribution in [2.75, 3.05) is 5.32 Å². The van der Waals surface area contributed by atoms with Crippen LogP contribution in [0.25, 0.3) is 6.08 Å². The lowest BCUT2D eigenvalue weighted by Crippen LogP contribution is -2.07. The summed E-state index contributed by atoms with van der Waals surface area (Å²) in [5.74, 6) is 1.54. The van der Waals surface area contributed by atoms with Crippen LogP contribution in [0.1, 0.15) is 18.2 Å². The first-order valence-electron chi connectivity index (χ1n) is 9.22. The molecule has 0 saturated heterocycles. The third-order valence-electron chi connectivity index (χ3n) is 3.89. The van der Waals surface area contributed by atoms with E-state index in [9.17, 15) is 4.79 Å². The second-order valence-corrected chi connectivity index (χ2v) is 6.88. The molecule has 0 aliphatic carbocycles. The number of aromatic nitrogens is 1. The fraction of sp³-hybridized carbons (Fsp3) is 0.0870. The van der Waals surface area contributed by atoms with E-state index >= 15 is 0 Å². The first kappa shape index (κ1) is 21.1. The van der Waals surface area contributed by atoms with Crippen LogP contribution >= 0.6 is 11.6 Å². The molecule has 3 aromatic rings. The van der Waals surface area contributed by atoms with Gasteiger partial charge in [-0.3, -0.25) is 14.8 Å². The molecule has 0 fully saturated rings. The summed E-state index contributed by atoms with van der Waals surface area (Å²) in [6.45, 7) is 2.12. The Morgan fingerprint density at radius 2 is 1.97 bits per heavy atom. The van der Waals surface area contributed by atoms with E-state index in [1.54, 1.807) is 49.5 Å². The fourth-order valence-electron chi connectivity index (χ4n) is 2.55. The Kier molecular flexibility index (Phi) is 7.19. The van der Waals surface area contributed by atoms with Gasteiger partial charge in [-0.2, -0.15) is 0 Å². The lowest BCUT2D eigenvalue weighted by atomic mass is 10.2. The molecule has 1 aromatic heterocycles. The molecular weight excluding hydrogens is 400 g/mol. The molecule has 6 nitrogen and oxygen atoms in total. The molecule has 3 N–H and O–H groups in total. The van der Waals surface area contributed by atoms with Crippen LogP contribution in [-0.4, -0.2) is 16.7 Å². The maximum absolute atomic E-state index is 12.1. The SMILES string of the molecule is CC(N)=NCc1cc(Oc2cccc(/C=C/C(=O)Nc3cccc(Cl)c3)c2)ccn1. The molecule has 0 aliphatic rings. The number of aliphatic imine (C=N–C) groups is 1. The highest BCUT2D eigenvalue weighted by Gasteiger charge is 2.02. The zero-order chi connectivity index (χ0) is 21.3. The zero-order valence-electron chi connectivity index (χ0n) is 16.4. The second kappa shape index (κ2) is 10.2. The number of nitrogens with one attached hydrogen (secondary N) is 1. The van der Waals surface area contributed by atoms with Gasteiger partial charge in [0.25, 0.3) is 0 Å². The van der Waals surface area contributed by atoms with E-state index in [1.807, 2.05) is 30.3 Å². The molecule has 7 heteroatoms. The van der Waals surface area contributed by atoms with E-state index in [0.717, 1.165) is 11.3 Å². The number of rotatable bonds is 7. The first-order chi connectivity index (χ1) is 14.5. The Balaban J connectivity index is 1.64. The van der Waals surface area contributed by atoms with E-state index < -0.39 is 0 Å². The molecule has 0 aliphatic heterocycles. The average molecular weight is 421 g/mol. The highest BCUT2D eigenvalue weighted by Crippen LogP contribution is 2.23. The van der Waals surface area contributed by atoms with Gasteiger partial charge in [0.1, 0.15) is 11.5 Å². The number of hydrogen-bond acceptors (Lipinski definition) is 4. The van der Waals surface area contributed by atoms with Gasteiger partial charge in [0.15, 0.2) is 0 Å². The molecule has 0 spiro atoms. The van der Waals surface area contributed by atoms with Gasteiger partial charge >= 0.3 is 0 Å². The summed E-state index contributed by atoms with van der Waals surface area (Å²) in [4.78, 5) is 20.5. The van der Waals surface area contributed by atoms with Crippen molar-refractivity contribution in [1.82, 2.24) is 4.98 Å². The predicted molar refractivity (Wildman–Crippen MR) is 121 cm³/mol. The van der Waals surface area contributed by atoms with Crippen molar-refractivity contribution >= 4 is 35.1 Å². The number of benzene rings is 2. The van der Waals surface area contributed by atoms with Gasteiger partial charge in [0.2, 0.25) is 5.91 Å². The molecule has 0 saturated carbocycles. The molecule has 1 amide bonds. The second-order valence-electron chi connectivity index (χ2n) is 6.45. The van der Waals surface area contributed by atoms with Gasteiger partial charge in [0, 0.05) is 29.0 Å². The largest absolute Gasteiger partial charge is 0.457 e. The topological polar surface area (TPSA) is 89.6 Å². The Hall–Kier alpha value is -3.64. The quantitative estimate of drug-likeness (QED) is 0.317. The predicted octanol–water partition coefficient (Wildman–Crippen LogP) is 5.06. The molecular formula is C23H21ClN4O2. The Morgan fingerprint density at radius 1 is 1.17 bits per heavy atom. The van der Waals surface area contributed by atoms with Crippen LogP contribution in [-0.2, 0) is 11.3 Å². The number of hydrogen-bond donors (Lipinski definition) is 2. The van der Waals surface area contributed by atoms with Crippen LogP contribution in [0.4, 0.5) is 5.69 Å². The van der Waals surface area contributed by atoms with E-state index in [1.165, 1.54) is 6.08 Å². The third kappa shape index (κ3) is 6.76. The molecule has 0 atom stereocenters. The van der Waals surface area contributed by atoms with Crippen molar-refractivity contribution in [2.45, 2.75) is 13.5 Å². The van der Waals surface area contributed by atoms with E-state index in [0.29, 0.717) is 34.6 Å². The zero-order valence-corrected chi connectivity index (χ0v) is 17.1. The van der Waals surface area contributed by atoms with Gasteiger partial charge in [-0.15, -0.1) is 0 Å². The molecule has 152 valence electrons. The maximum atomic E-state index is 12.1. The highest BCUT2D eigenvalue weighted by molar-refractivity contribution is 6.30. The van der Waals surface area contributed by atoms with Crippen LogP contribution in [0, 0.1) is 0 Å². The number of nitrogens with two attached hydrogens (primary N) is 1. The maximum Gasteiger partial charge on any atom is 0.248 e. The van der Waals surface area contributed by atoms with E-state index in [2.05, 4.69) is 15.3 Å². The lowest BCUT2D eigenvalue weighted by molar-refractivity contribution is -0.111. The number of pyridine rings is 1. The summed E-state index contributed by atoms with van der Waals surface area (Å²) < 4.78 is 5.91. The highest BCUT2D eigenvalue weighted by atomic mass is 35.5. The van der Waals surface area contributed by atoms with Gasteiger partial charge in [-0.25, -0.2) is 0 Å². The van der Waals surface area contributed by atoms with Crippen LogP contribution in [0.2, 0.25) is 5.02 Å². The summed E-state index contributed by atoms with van der Waals surface area (Å²) in [6, 6.07) is 18.0. The first-order valence-corrected chi connectivity index (χ1v) is 9.60. The monoisotopic (exact) mass is 420 g/mol. The van der Waals surface area contributed by atoms with Crippen LogP contribution in [0.3, 0.4) is 0 Å². The van der Waals surface area contributed by atoms with Crippen LogP contribution in [0.5, 0.6) is 11.5 Å². The Bertz CT molecular complexity index is 1090. The van der Waals surface area contributed by atoms with Gasteiger partial charge in [-0.05, 0) is 55.0 Å². The number of ether oxygens (including phenoxy) is 1. The van der Waals surface area contributed by atoms with Crippen LogP contribution < -0.4 is 15.8 Å².